The average Bonchev–Trinajstić information content (AvgIpc) is 2.46. The van der Waals surface area contributed by atoms with Gasteiger partial charge in [0.05, 0.1) is 4.92 Å². The van der Waals surface area contributed by atoms with Crippen LogP contribution in [0.3, 0.4) is 0 Å². The van der Waals surface area contributed by atoms with Gasteiger partial charge in [0.25, 0.3) is 5.69 Å². The fourth-order valence-corrected chi connectivity index (χ4v) is 2.84. The third-order valence-electron chi connectivity index (χ3n) is 3.87. The zero-order valence-electron chi connectivity index (χ0n) is 13.4. The Morgan fingerprint density at radius 3 is 2.43 bits per heavy atom. The summed E-state index contributed by atoms with van der Waals surface area (Å²) >= 11 is 0. The standard InChI is InChI=1S/C15H23N3O3.2ClH/c1-11(2)9-14(17-7-5-16-6-8-17)13-10-12(18(20)21)3-4-15(13)19;;/h3-4,10-11,14,16,19H,5-9H2,1-2H3;2*1H/t14-;;/m1../s1. The van der Waals surface area contributed by atoms with E-state index in [9.17, 15) is 15.2 Å². The minimum Gasteiger partial charge on any atom is -0.508 e. The predicted octanol–water partition coefficient (Wildman–Crippen LogP) is 3.14. The molecule has 0 saturated carbocycles. The number of hydrogen-bond acceptors (Lipinski definition) is 5. The fraction of sp³-hybridized carbons (Fsp3) is 0.600. The zero-order valence-corrected chi connectivity index (χ0v) is 15.0. The van der Waals surface area contributed by atoms with Gasteiger partial charge in [-0.25, -0.2) is 0 Å². The predicted molar refractivity (Wildman–Crippen MR) is 95.9 cm³/mol. The Bertz CT molecular complexity index is 509. The van der Waals surface area contributed by atoms with E-state index in [1.807, 2.05) is 0 Å². The summed E-state index contributed by atoms with van der Waals surface area (Å²) in [6.07, 6.45) is 0.870. The zero-order chi connectivity index (χ0) is 15.4. The number of nitrogens with zero attached hydrogens (tertiary/aromatic N) is 2. The van der Waals surface area contributed by atoms with E-state index in [2.05, 4.69) is 24.1 Å². The summed E-state index contributed by atoms with van der Waals surface area (Å²) in [6.45, 7) is 7.85. The van der Waals surface area contributed by atoms with Crippen molar-refractivity contribution < 1.29 is 10.0 Å². The summed E-state index contributed by atoms with van der Waals surface area (Å²) < 4.78 is 0. The molecule has 0 amide bonds. The lowest BCUT2D eigenvalue weighted by Crippen LogP contribution is -2.45. The molecule has 1 aliphatic rings. The molecule has 23 heavy (non-hydrogen) atoms. The van der Waals surface area contributed by atoms with Gasteiger partial charge in [0.2, 0.25) is 0 Å². The van der Waals surface area contributed by atoms with Crippen LogP contribution in [0, 0.1) is 16.0 Å². The first kappa shape index (κ1) is 21.9. The normalized spacial score (nSPS) is 16.3. The second-order valence-electron chi connectivity index (χ2n) is 5.93. The number of halogens is 2. The van der Waals surface area contributed by atoms with Crippen molar-refractivity contribution in [3.63, 3.8) is 0 Å². The van der Waals surface area contributed by atoms with Crippen LogP contribution >= 0.6 is 24.8 Å². The summed E-state index contributed by atoms with van der Waals surface area (Å²) in [6, 6.07) is 4.32. The van der Waals surface area contributed by atoms with Gasteiger partial charge in [0.1, 0.15) is 5.75 Å². The minimum absolute atomic E-state index is 0. The van der Waals surface area contributed by atoms with Crippen LogP contribution in [0.25, 0.3) is 0 Å². The maximum atomic E-state index is 11.0. The molecule has 0 radical (unpaired) electrons. The lowest BCUT2D eigenvalue weighted by atomic mass is 9.94. The van der Waals surface area contributed by atoms with E-state index >= 15 is 0 Å². The van der Waals surface area contributed by atoms with Crippen molar-refractivity contribution in [2.24, 2.45) is 5.92 Å². The highest BCUT2D eigenvalue weighted by Crippen LogP contribution is 2.35. The van der Waals surface area contributed by atoms with E-state index < -0.39 is 4.92 Å². The maximum absolute atomic E-state index is 11.0. The van der Waals surface area contributed by atoms with Crippen LogP contribution in [0.5, 0.6) is 5.75 Å². The lowest BCUT2D eigenvalue weighted by molar-refractivity contribution is -0.385. The van der Waals surface area contributed by atoms with Gasteiger partial charge in [0, 0.05) is 49.9 Å². The summed E-state index contributed by atoms with van der Waals surface area (Å²) in [5.41, 5.74) is 0.700. The van der Waals surface area contributed by atoms with E-state index in [4.69, 9.17) is 0 Å². The number of nitro groups is 1. The smallest absolute Gasteiger partial charge is 0.270 e. The second kappa shape index (κ2) is 9.93. The average molecular weight is 366 g/mol. The van der Waals surface area contributed by atoms with Crippen molar-refractivity contribution in [1.82, 2.24) is 10.2 Å². The van der Waals surface area contributed by atoms with Crippen LogP contribution in [0.2, 0.25) is 0 Å². The first-order valence-electron chi connectivity index (χ1n) is 7.41. The van der Waals surface area contributed by atoms with Crippen molar-refractivity contribution in [2.75, 3.05) is 26.2 Å². The molecule has 0 aromatic heterocycles. The molecule has 1 aromatic carbocycles. The highest BCUT2D eigenvalue weighted by atomic mass is 35.5. The van der Waals surface area contributed by atoms with Crippen LogP contribution in [-0.4, -0.2) is 41.1 Å². The summed E-state index contributed by atoms with van der Waals surface area (Å²) in [7, 11) is 0. The van der Waals surface area contributed by atoms with Crippen LogP contribution < -0.4 is 5.32 Å². The molecule has 6 nitrogen and oxygen atoms in total. The van der Waals surface area contributed by atoms with Crippen molar-refractivity contribution in [2.45, 2.75) is 26.3 Å². The van der Waals surface area contributed by atoms with Gasteiger partial charge in [0.15, 0.2) is 0 Å². The molecule has 2 N–H and O–H groups in total. The van der Waals surface area contributed by atoms with Crippen molar-refractivity contribution in [3.8, 4) is 5.75 Å². The Hall–Kier alpha value is -1.08. The highest BCUT2D eigenvalue weighted by Gasteiger charge is 2.26. The molecule has 1 heterocycles. The van der Waals surface area contributed by atoms with Crippen LogP contribution in [0.15, 0.2) is 18.2 Å². The first-order chi connectivity index (χ1) is 9.99. The van der Waals surface area contributed by atoms with E-state index in [0.29, 0.717) is 11.5 Å². The first-order valence-corrected chi connectivity index (χ1v) is 7.41. The minimum atomic E-state index is -0.410. The Balaban J connectivity index is 0.00000242. The number of rotatable bonds is 5. The lowest BCUT2D eigenvalue weighted by Gasteiger charge is -2.36. The van der Waals surface area contributed by atoms with Gasteiger partial charge < -0.3 is 10.4 Å². The van der Waals surface area contributed by atoms with Gasteiger partial charge in [-0.3, -0.25) is 15.0 Å². The summed E-state index contributed by atoms with van der Waals surface area (Å²) in [5.74, 6) is 0.591. The Morgan fingerprint density at radius 2 is 1.91 bits per heavy atom. The van der Waals surface area contributed by atoms with Crippen LogP contribution in [0.4, 0.5) is 5.69 Å². The number of benzene rings is 1. The van der Waals surface area contributed by atoms with Crippen LogP contribution in [0.1, 0.15) is 31.9 Å². The molecular weight excluding hydrogens is 341 g/mol. The number of aromatic hydroxyl groups is 1. The van der Waals surface area contributed by atoms with E-state index in [0.717, 1.165) is 32.6 Å². The number of nitrogens with one attached hydrogen (secondary N) is 1. The van der Waals surface area contributed by atoms with Crippen LogP contribution in [-0.2, 0) is 0 Å². The van der Waals surface area contributed by atoms with Gasteiger partial charge >= 0.3 is 0 Å². The van der Waals surface area contributed by atoms with Gasteiger partial charge in [-0.2, -0.15) is 0 Å². The molecule has 132 valence electrons. The summed E-state index contributed by atoms with van der Waals surface area (Å²) in [4.78, 5) is 12.9. The fourth-order valence-electron chi connectivity index (χ4n) is 2.84. The molecule has 1 aliphatic heterocycles. The highest BCUT2D eigenvalue weighted by molar-refractivity contribution is 5.85. The molecule has 1 saturated heterocycles. The Morgan fingerprint density at radius 1 is 1.30 bits per heavy atom. The van der Waals surface area contributed by atoms with E-state index in [1.165, 1.54) is 18.2 Å². The SMILES string of the molecule is CC(C)C[C@H](c1cc([N+](=O)[O-])ccc1O)N1CCNCC1.Cl.Cl. The Kier molecular flexibility index (Phi) is 9.46. The number of piperazine rings is 1. The molecule has 2 rings (SSSR count). The van der Waals surface area contributed by atoms with Crippen molar-refractivity contribution in [1.29, 1.82) is 0 Å². The molecule has 1 fully saturated rings. The number of phenols is 1. The topological polar surface area (TPSA) is 78.6 Å². The second-order valence-corrected chi connectivity index (χ2v) is 5.93. The van der Waals surface area contributed by atoms with Crippen molar-refractivity contribution >= 4 is 30.5 Å². The van der Waals surface area contributed by atoms with E-state index in [1.54, 1.807) is 0 Å². The molecule has 1 atom stereocenters. The molecular formula is C15H25Cl2N3O3. The quantitative estimate of drug-likeness (QED) is 0.618. The van der Waals surface area contributed by atoms with Gasteiger partial charge in [-0.05, 0) is 18.4 Å². The molecule has 0 aliphatic carbocycles. The Labute approximate surface area is 149 Å². The molecule has 1 aromatic rings. The number of hydrogen-bond donors (Lipinski definition) is 2. The van der Waals surface area contributed by atoms with Gasteiger partial charge in [-0.15, -0.1) is 24.8 Å². The monoisotopic (exact) mass is 365 g/mol. The third kappa shape index (κ3) is 5.80. The number of phenolic OH excluding ortho intramolecular Hbond substituents is 1. The van der Waals surface area contributed by atoms with Gasteiger partial charge in [-0.1, -0.05) is 13.8 Å². The molecule has 0 bridgehead atoms. The molecule has 0 spiro atoms. The maximum Gasteiger partial charge on any atom is 0.270 e. The summed E-state index contributed by atoms with van der Waals surface area (Å²) in [5, 5.41) is 24.5. The van der Waals surface area contributed by atoms with Crippen molar-refractivity contribution in [3.05, 3.63) is 33.9 Å². The molecule has 0 unspecified atom stereocenters. The number of nitro benzene ring substituents is 1. The molecule has 8 heteroatoms. The largest absolute Gasteiger partial charge is 0.508 e. The number of non-ortho nitro benzene ring substituents is 1. The van der Waals surface area contributed by atoms with E-state index in [-0.39, 0.29) is 42.3 Å². The third-order valence-corrected chi connectivity index (χ3v) is 3.87.